The Morgan fingerprint density at radius 1 is 1.02 bits per heavy atom. The van der Waals surface area contributed by atoms with Gasteiger partial charge in [0.15, 0.2) is 11.5 Å². The Bertz CT molecular complexity index is 1040. The third-order valence-electron chi connectivity index (χ3n) is 6.40. The van der Waals surface area contributed by atoms with Gasteiger partial charge in [0.1, 0.15) is 23.9 Å². The van der Waals surface area contributed by atoms with Gasteiger partial charge in [0.2, 0.25) is 11.8 Å². The van der Waals surface area contributed by atoms with Crippen LogP contribution >= 0.6 is 11.8 Å². The zero-order chi connectivity index (χ0) is 30.9. The van der Waals surface area contributed by atoms with Crippen LogP contribution in [0.5, 0.6) is 11.5 Å². The van der Waals surface area contributed by atoms with Gasteiger partial charge >= 0.3 is 11.9 Å². The summed E-state index contributed by atoms with van der Waals surface area (Å²) in [4.78, 5) is 60.4. The number of nitrogens with one attached hydrogen (secondary N) is 2. The highest BCUT2D eigenvalue weighted by atomic mass is 32.2. The lowest BCUT2D eigenvalue weighted by Gasteiger charge is -2.23. The quantitative estimate of drug-likeness (QED) is 0.113. The largest absolute Gasteiger partial charge is 0.504 e. The van der Waals surface area contributed by atoms with Crippen LogP contribution in [-0.2, 0) is 30.4 Å². The molecule has 0 spiro atoms. The molecule has 2 amide bonds. The molecule has 0 radical (unpaired) electrons. The molecule has 0 aromatic heterocycles. The van der Waals surface area contributed by atoms with Crippen LogP contribution in [0.4, 0.5) is 0 Å². The van der Waals surface area contributed by atoms with E-state index in [-0.39, 0.29) is 48.2 Å². The number of ether oxygens (including phenoxy) is 1. The van der Waals surface area contributed by atoms with Crippen LogP contribution in [0.25, 0.3) is 0 Å². The fourth-order valence-electron chi connectivity index (χ4n) is 3.85. The predicted octanol–water partition coefficient (Wildman–Crippen LogP) is 2.24. The molecule has 230 valence electrons. The number of thioether (sulfide) groups is 1. The number of carboxylic acids is 2. The van der Waals surface area contributed by atoms with Crippen molar-refractivity contribution in [1.29, 1.82) is 0 Å². The summed E-state index contributed by atoms with van der Waals surface area (Å²) in [6.07, 6.45) is 4.20. The number of carbonyl (C=O) groups excluding carboxylic acids is 3. The molecule has 0 fully saturated rings. The van der Waals surface area contributed by atoms with E-state index in [1.54, 1.807) is 12.1 Å². The van der Waals surface area contributed by atoms with Gasteiger partial charge in [-0.25, -0.2) is 0 Å². The van der Waals surface area contributed by atoms with E-state index in [4.69, 9.17) is 15.6 Å². The summed E-state index contributed by atoms with van der Waals surface area (Å²) in [5.41, 5.74) is 6.31. The number of hydrogen-bond acceptors (Lipinski definition) is 9. The first-order valence-corrected chi connectivity index (χ1v) is 14.7. The van der Waals surface area contributed by atoms with E-state index in [0.29, 0.717) is 12.2 Å². The summed E-state index contributed by atoms with van der Waals surface area (Å²) in [6, 6.07) is 1.42. The van der Waals surface area contributed by atoms with Gasteiger partial charge in [0.05, 0.1) is 7.11 Å². The van der Waals surface area contributed by atoms with Crippen LogP contribution < -0.4 is 21.1 Å². The van der Waals surface area contributed by atoms with E-state index in [0.717, 1.165) is 31.2 Å². The fraction of sp³-hybridized carbons (Fsp3) is 0.607. The van der Waals surface area contributed by atoms with Crippen LogP contribution in [0.15, 0.2) is 18.2 Å². The maximum Gasteiger partial charge on any atom is 0.325 e. The molecule has 0 aliphatic rings. The van der Waals surface area contributed by atoms with Crippen molar-refractivity contribution in [3.63, 3.8) is 0 Å². The Kier molecular flexibility index (Phi) is 16.5. The fourth-order valence-corrected chi connectivity index (χ4v) is 5.19. The number of phenolic OH excluding ortho intramolecular Hbond substituents is 1. The zero-order valence-electron chi connectivity index (χ0n) is 23.9. The maximum atomic E-state index is 12.9. The van der Waals surface area contributed by atoms with E-state index in [9.17, 15) is 34.2 Å². The Balaban J connectivity index is 2.88. The van der Waals surface area contributed by atoms with Crippen molar-refractivity contribution in [2.24, 2.45) is 5.73 Å². The number of methoxy groups -OCH3 is 1. The van der Waals surface area contributed by atoms with Crippen LogP contribution in [0, 0.1) is 0 Å². The van der Waals surface area contributed by atoms with E-state index in [1.165, 1.54) is 31.9 Å². The molecule has 1 unspecified atom stereocenters. The smallest absolute Gasteiger partial charge is 0.325 e. The molecular weight excluding hydrogens is 554 g/mol. The summed E-state index contributed by atoms with van der Waals surface area (Å²) in [5.74, 6) is -3.30. The number of phenols is 1. The Hall–Kier alpha value is -3.32. The number of amides is 2. The predicted molar refractivity (Wildman–Crippen MR) is 155 cm³/mol. The number of ketones is 1. The van der Waals surface area contributed by atoms with Crippen molar-refractivity contribution < 1.29 is 44.0 Å². The molecule has 1 rings (SSSR count). The molecule has 0 saturated heterocycles. The molecular formula is C28H43N3O9S. The monoisotopic (exact) mass is 597 g/mol. The molecule has 0 heterocycles. The Morgan fingerprint density at radius 2 is 1.73 bits per heavy atom. The van der Waals surface area contributed by atoms with Crippen molar-refractivity contribution in [1.82, 2.24) is 10.6 Å². The van der Waals surface area contributed by atoms with Crippen LogP contribution in [0.3, 0.4) is 0 Å². The van der Waals surface area contributed by atoms with E-state index in [2.05, 4.69) is 17.6 Å². The lowest BCUT2D eigenvalue weighted by molar-refractivity contribution is -0.141. The third-order valence-corrected chi connectivity index (χ3v) is 7.80. The number of Topliss-reactive ketones (excluding diaryl/α,β-unsaturated/α-hetero) is 1. The van der Waals surface area contributed by atoms with Gasteiger partial charge in [0.25, 0.3) is 0 Å². The van der Waals surface area contributed by atoms with Crippen molar-refractivity contribution in [2.75, 3.05) is 12.9 Å². The number of unbranched alkanes of at least 4 members (excludes halogenated alkanes) is 2. The number of aliphatic carboxylic acids is 2. The minimum atomic E-state index is -1.25. The second kappa shape index (κ2) is 18.9. The molecule has 1 aromatic rings. The first-order chi connectivity index (χ1) is 19.4. The van der Waals surface area contributed by atoms with Gasteiger partial charge < -0.3 is 36.4 Å². The van der Waals surface area contributed by atoms with Crippen molar-refractivity contribution in [3.05, 3.63) is 23.8 Å². The zero-order valence-corrected chi connectivity index (χ0v) is 24.7. The maximum absolute atomic E-state index is 12.9. The topological polar surface area (TPSA) is 205 Å². The lowest BCUT2D eigenvalue weighted by atomic mass is 10.0. The van der Waals surface area contributed by atoms with Crippen molar-refractivity contribution in [3.8, 4) is 11.5 Å². The first kappa shape index (κ1) is 35.7. The Morgan fingerprint density at radius 3 is 2.34 bits per heavy atom. The van der Waals surface area contributed by atoms with E-state index >= 15 is 0 Å². The van der Waals surface area contributed by atoms with Gasteiger partial charge in [-0.15, -0.1) is 0 Å². The minimum Gasteiger partial charge on any atom is -0.504 e. The third kappa shape index (κ3) is 14.2. The molecule has 41 heavy (non-hydrogen) atoms. The number of carboxylic acid groups (broad SMARTS) is 2. The number of aromatic hydroxyl groups is 1. The van der Waals surface area contributed by atoms with Gasteiger partial charge in [-0.1, -0.05) is 32.3 Å². The van der Waals surface area contributed by atoms with Gasteiger partial charge in [0, 0.05) is 30.3 Å². The second-order valence-electron chi connectivity index (χ2n) is 9.87. The molecule has 13 heteroatoms. The van der Waals surface area contributed by atoms with E-state index in [1.807, 2.05) is 0 Å². The summed E-state index contributed by atoms with van der Waals surface area (Å²) in [7, 11) is 1.45. The normalized spacial score (nSPS) is 13.9. The van der Waals surface area contributed by atoms with Crippen LogP contribution in [0.1, 0.15) is 70.8 Å². The van der Waals surface area contributed by atoms with Crippen molar-refractivity contribution >= 4 is 41.3 Å². The highest BCUT2D eigenvalue weighted by molar-refractivity contribution is 8.00. The van der Waals surface area contributed by atoms with E-state index < -0.39 is 41.9 Å². The summed E-state index contributed by atoms with van der Waals surface area (Å²) in [6.45, 7) is 3.36. The second-order valence-corrected chi connectivity index (χ2v) is 11.2. The summed E-state index contributed by atoms with van der Waals surface area (Å²) >= 11 is 1.36. The lowest BCUT2D eigenvalue weighted by Crippen LogP contribution is -2.52. The molecule has 0 saturated carbocycles. The number of rotatable bonds is 21. The Labute approximate surface area is 244 Å². The minimum absolute atomic E-state index is 0.0168. The summed E-state index contributed by atoms with van der Waals surface area (Å²) < 4.78 is 5.12. The average Bonchev–Trinajstić information content (AvgIpc) is 2.92. The highest BCUT2D eigenvalue weighted by Gasteiger charge is 2.26. The molecule has 4 atom stereocenters. The number of aryl methyl sites for hydroxylation is 1. The first-order valence-electron chi connectivity index (χ1n) is 13.7. The van der Waals surface area contributed by atoms with Crippen LogP contribution in [0.2, 0.25) is 0 Å². The molecule has 7 N–H and O–H groups in total. The number of benzene rings is 1. The van der Waals surface area contributed by atoms with Gasteiger partial charge in [-0.05, 0) is 43.9 Å². The molecule has 1 aromatic carbocycles. The number of carbonyl (C=O) groups is 5. The highest BCUT2D eigenvalue weighted by Crippen LogP contribution is 2.27. The molecule has 0 aliphatic carbocycles. The SMILES string of the molecule is CCCCCC(CC(=O)CCc1ccc(O)c(OC)c1)SC[C@H](NC(=O)CC[C@H](N)C(=O)O)C(=O)N[C@@H](C)C(=O)O. The van der Waals surface area contributed by atoms with Crippen LogP contribution in [-0.4, -0.2) is 81.1 Å². The molecule has 0 bridgehead atoms. The standard InChI is InChI=1S/C28H43N3O9S/c1-4-5-6-7-20(15-19(32)10-8-18-9-12-23(33)24(14-18)40-3)41-16-22(26(35)30-17(2)27(36)37)31-25(34)13-11-21(29)28(38)39/h9,12,14,17,20-22,33H,4-8,10-11,13,15-16,29H2,1-3H3,(H,30,35)(H,31,34)(H,36,37)(H,38,39)/t17-,20?,21-,22-/m0/s1. The van der Waals surface area contributed by atoms with Gasteiger partial charge in [-0.3, -0.25) is 24.0 Å². The summed E-state index contributed by atoms with van der Waals surface area (Å²) in [5, 5.41) is 32.7. The number of nitrogens with two attached hydrogens (primary N) is 1. The van der Waals surface area contributed by atoms with Crippen molar-refractivity contribution in [2.45, 2.75) is 95.0 Å². The number of hydrogen-bond donors (Lipinski definition) is 6. The molecule has 0 aliphatic heterocycles. The average molecular weight is 598 g/mol. The molecule has 12 nitrogen and oxygen atoms in total. The van der Waals surface area contributed by atoms with Gasteiger partial charge in [-0.2, -0.15) is 11.8 Å².